The third-order valence-electron chi connectivity index (χ3n) is 14.0. The molecule has 0 unspecified atom stereocenters. The van der Waals surface area contributed by atoms with Gasteiger partial charge in [-0.15, -0.1) is 11.8 Å². The average Bonchev–Trinajstić information content (AvgIpc) is 3.35. The molecule has 1 aliphatic carbocycles. The van der Waals surface area contributed by atoms with Crippen LogP contribution in [0.2, 0.25) is 24.2 Å². The lowest BCUT2D eigenvalue weighted by molar-refractivity contribution is -0.132. The molecule has 12 nitrogen and oxygen atoms in total. The number of halogens is 4. The normalized spacial score (nSPS) is 17.9. The molecule has 1 atom stereocenters. The van der Waals surface area contributed by atoms with Crippen molar-refractivity contribution in [2.75, 3.05) is 87.2 Å². The number of allylic oxidation sites excluding steroid dienone is 1. The molecule has 0 radical (unpaired) electrons. The van der Waals surface area contributed by atoms with Gasteiger partial charge in [-0.3, -0.25) is 19.4 Å². The van der Waals surface area contributed by atoms with Crippen LogP contribution in [0.3, 0.4) is 0 Å². The number of sulfone groups is 2. The van der Waals surface area contributed by atoms with Crippen molar-refractivity contribution in [2.24, 2.45) is 5.41 Å². The molecule has 2 aliphatic heterocycles. The van der Waals surface area contributed by atoms with Crippen LogP contribution in [0.25, 0.3) is 5.57 Å². The molecule has 20 heteroatoms. The molecule has 7 rings (SSSR count). The van der Waals surface area contributed by atoms with Crippen LogP contribution in [0.4, 0.5) is 24.5 Å². The maximum absolute atomic E-state index is 14.4. The Balaban J connectivity index is 1.00. The van der Waals surface area contributed by atoms with Gasteiger partial charge in [0.05, 0.1) is 10.6 Å². The zero-order valence-electron chi connectivity index (χ0n) is 42.0. The van der Waals surface area contributed by atoms with Crippen molar-refractivity contribution in [3.63, 3.8) is 0 Å². The fourth-order valence-electron chi connectivity index (χ4n) is 9.52. The van der Waals surface area contributed by atoms with E-state index < -0.39 is 66.6 Å². The summed E-state index contributed by atoms with van der Waals surface area (Å²) in [4.78, 5) is 44.0. The van der Waals surface area contributed by atoms with E-state index >= 15 is 0 Å². The third kappa shape index (κ3) is 15.5. The Kier molecular flexibility index (Phi) is 18.4. The molecule has 0 spiro atoms. The van der Waals surface area contributed by atoms with Crippen molar-refractivity contribution in [2.45, 2.75) is 91.3 Å². The van der Waals surface area contributed by atoms with Crippen LogP contribution in [-0.2, 0) is 24.5 Å². The predicted octanol–water partition coefficient (Wildman–Crippen LogP) is 9.77. The Bertz CT molecular complexity index is 2820. The number of rotatable bonds is 20. The largest absolute Gasteiger partial charge is 0.501 e. The van der Waals surface area contributed by atoms with Crippen molar-refractivity contribution in [3.8, 4) is 0 Å². The fraction of sp³-hybridized carbons (Fsp3) is 0.472. The summed E-state index contributed by atoms with van der Waals surface area (Å²) >= 11 is 7.64. The van der Waals surface area contributed by atoms with Gasteiger partial charge >= 0.3 is 5.51 Å². The molecule has 0 bridgehead atoms. The van der Waals surface area contributed by atoms with Crippen LogP contribution in [0.5, 0.6) is 0 Å². The first-order chi connectivity index (χ1) is 34.4. The van der Waals surface area contributed by atoms with Crippen LogP contribution < -0.4 is 10.2 Å². The molecule has 3 aliphatic rings. The number of hydrogen-bond donors (Lipinski definition) is 2. The van der Waals surface area contributed by atoms with Crippen molar-refractivity contribution < 1.29 is 44.4 Å². The molecule has 396 valence electrons. The molecule has 1 amide bonds. The number of thioether (sulfide) groups is 1. The van der Waals surface area contributed by atoms with Crippen molar-refractivity contribution in [1.82, 2.24) is 14.7 Å². The lowest BCUT2D eigenvalue weighted by Crippen LogP contribution is -2.49. The SMILES string of the molecule is CC1(C)CCC(CN2CCN(c3ccc(C(=O)CS(=O)(=O)c4ccc(N[C@H](CCN5CCN(C(=O)CC[Si](C)(C)O)CC5)CSc5ccccc5)c(S(=O)(=O)C(F)(F)F)c4)cc3)CC2)=C(c2ccc(Cl)cc2)C1. The molecule has 0 saturated carbocycles. The van der Waals surface area contributed by atoms with E-state index in [2.05, 4.69) is 46.0 Å². The molecule has 73 heavy (non-hydrogen) atoms. The van der Waals surface area contributed by atoms with Gasteiger partial charge in [-0.1, -0.05) is 61.4 Å². The molecule has 0 aromatic heterocycles. The summed E-state index contributed by atoms with van der Waals surface area (Å²) in [7, 11) is -13.1. The smallest absolute Gasteiger partial charge is 0.432 e. The second kappa shape index (κ2) is 23.8. The number of nitrogens with zero attached hydrogens (tertiary/aromatic N) is 4. The minimum absolute atomic E-state index is 0.0197. The predicted molar refractivity (Wildman–Crippen MR) is 289 cm³/mol. The number of anilines is 2. The van der Waals surface area contributed by atoms with Gasteiger partial charge in [0.1, 0.15) is 10.6 Å². The summed E-state index contributed by atoms with van der Waals surface area (Å²) in [5.74, 6) is -1.58. The number of carbonyl (C=O) groups is 2. The minimum atomic E-state index is -6.09. The van der Waals surface area contributed by atoms with Gasteiger partial charge in [0, 0.05) is 105 Å². The van der Waals surface area contributed by atoms with Gasteiger partial charge in [-0.25, -0.2) is 16.8 Å². The molecule has 4 aromatic carbocycles. The van der Waals surface area contributed by atoms with E-state index in [1.165, 1.54) is 40.6 Å². The van der Waals surface area contributed by atoms with Crippen LogP contribution in [0.1, 0.15) is 61.9 Å². The van der Waals surface area contributed by atoms with Crippen LogP contribution in [0, 0.1) is 5.41 Å². The first-order valence-electron chi connectivity index (χ1n) is 24.8. The van der Waals surface area contributed by atoms with E-state index in [4.69, 9.17) is 11.6 Å². The summed E-state index contributed by atoms with van der Waals surface area (Å²) in [5.41, 5.74) is -0.963. The highest BCUT2D eigenvalue weighted by Crippen LogP contribution is 2.44. The van der Waals surface area contributed by atoms with Gasteiger partial charge in [0.25, 0.3) is 9.84 Å². The number of benzene rings is 4. The zero-order chi connectivity index (χ0) is 52.8. The Morgan fingerprint density at radius 2 is 1.49 bits per heavy atom. The Hall–Kier alpha value is -4.21. The molecule has 4 aromatic rings. The highest BCUT2D eigenvalue weighted by molar-refractivity contribution is 7.99. The standard InChI is InChI=1S/C53H67ClF3N5O7S3Si/c1-52(2)23-20-41(47(35-52)39-10-14-42(54)15-11-39)36-60-27-29-61(30-28-60)44-16-12-40(13-17-44)49(63)38-71(65,66)46-18-19-48(50(34-46)72(67,68)53(55,56)57)58-43(37-70-45-8-6-5-7-9-45)21-24-59-25-31-62(32-26-59)51(64)22-33-73(3,4)69/h5-19,34,43,58,69H,20-33,35-38H2,1-4H3/t43-/m1/s1. The number of alkyl halides is 3. The van der Waals surface area contributed by atoms with Gasteiger partial charge < -0.3 is 19.9 Å². The summed E-state index contributed by atoms with van der Waals surface area (Å²) in [5, 5.41) is 3.73. The lowest BCUT2D eigenvalue weighted by atomic mass is 9.72. The lowest BCUT2D eigenvalue weighted by Gasteiger charge is -2.39. The maximum atomic E-state index is 14.4. The van der Waals surface area contributed by atoms with Gasteiger partial charge in [-0.05, 0) is 128 Å². The molecule has 2 N–H and O–H groups in total. The molecular weight excluding hydrogens is 1040 g/mol. The van der Waals surface area contributed by atoms with Gasteiger partial charge in [0.15, 0.2) is 23.9 Å². The number of ketones is 1. The molecule has 2 heterocycles. The van der Waals surface area contributed by atoms with Crippen LogP contribution in [-0.4, -0.2) is 145 Å². The van der Waals surface area contributed by atoms with Crippen molar-refractivity contribution in [1.29, 1.82) is 0 Å². The van der Waals surface area contributed by atoms with Gasteiger partial charge in [0.2, 0.25) is 5.91 Å². The molecular formula is C53H67ClF3N5O7S3Si. The number of nitrogens with one attached hydrogen (secondary N) is 1. The van der Waals surface area contributed by atoms with Crippen molar-refractivity contribution in [3.05, 3.63) is 119 Å². The number of carbonyl (C=O) groups excluding carboxylic acids is 2. The molecule has 2 saturated heterocycles. The highest BCUT2D eigenvalue weighted by Gasteiger charge is 2.48. The number of amides is 1. The van der Waals surface area contributed by atoms with E-state index in [9.17, 15) is 44.4 Å². The zero-order valence-corrected chi connectivity index (χ0v) is 46.2. The second-order valence-corrected chi connectivity index (χ2v) is 30.4. The maximum Gasteiger partial charge on any atom is 0.501 e. The summed E-state index contributed by atoms with van der Waals surface area (Å²) in [6.45, 7) is 14.7. The summed E-state index contributed by atoms with van der Waals surface area (Å²) in [6.07, 6.45) is 3.79. The first-order valence-corrected chi connectivity index (χ1v) is 32.4. The van der Waals surface area contributed by atoms with Crippen LogP contribution >= 0.6 is 23.4 Å². The first kappa shape index (κ1) is 56.5. The molecule has 2 fully saturated rings. The van der Waals surface area contributed by atoms with E-state index in [-0.39, 0.29) is 23.3 Å². The number of hydrogen-bond acceptors (Lipinski definition) is 12. The minimum Gasteiger partial charge on any atom is -0.432 e. The third-order valence-corrected chi connectivity index (χ3v) is 20.0. The van der Waals surface area contributed by atoms with E-state index in [1.807, 2.05) is 42.5 Å². The second-order valence-electron chi connectivity index (χ2n) is 20.8. The average molecular weight is 1100 g/mol. The summed E-state index contributed by atoms with van der Waals surface area (Å²) in [6, 6.07) is 26.4. The summed E-state index contributed by atoms with van der Waals surface area (Å²) < 4.78 is 97.1. The van der Waals surface area contributed by atoms with E-state index in [0.29, 0.717) is 62.0 Å². The fourth-order valence-corrected chi connectivity index (χ4v) is 13.7. The van der Waals surface area contributed by atoms with Gasteiger partial charge in [-0.2, -0.15) is 13.2 Å². The Morgan fingerprint density at radius 1 is 0.849 bits per heavy atom. The van der Waals surface area contributed by atoms with E-state index in [0.717, 1.165) is 74.7 Å². The Labute approximate surface area is 439 Å². The number of Topliss-reactive ketones (excluding diaryl/α,β-unsaturated/α-hetero) is 1. The monoisotopic (exact) mass is 1100 g/mol. The van der Waals surface area contributed by atoms with Crippen LogP contribution in [0.15, 0.2) is 117 Å². The quantitative estimate of drug-likeness (QED) is 0.0494. The topological polar surface area (TPSA) is 148 Å². The number of piperazine rings is 2. The van der Waals surface area contributed by atoms with Crippen molar-refractivity contribution >= 4 is 80.0 Å². The highest BCUT2D eigenvalue weighted by atomic mass is 35.5. The van der Waals surface area contributed by atoms with E-state index in [1.54, 1.807) is 30.1 Å². The Morgan fingerprint density at radius 3 is 2.12 bits per heavy atom.